The molecule has 0 saturated heterocycles. The molecule has 1 amide bonds. The molecule has 0 atom stereocenters. The van der Waals surface area contributed by atoms with Crippen LogP contribution in [0.25, 0.3) is 0 Å². The van der Waals surface area contributed by atoms with Crippen LogP contribution in [-0.4, -0.2) is 18.8 Å². The normalized spacial score (nSPS) is 10.2. The van der Waals surface area contributed by atoms with Crippen molar-refractivity contribution < 1.29 is 9.53 Å². The van der Waals surface area contributed by atoms with Crippen molar-refractivity contribution in [3.8, 4) is 5.75 Å². The highest BCUT2D eigenvalue weighted by molar-refractivity contribution is 8.00. The number of thiophene rings is 1. The van der Waals surface area contributed by atoms with Crippen molar-refractivity contribution in [3.05, 3.63) is 40.6 Å². The number of ether oxygens (including phenoxy) is 1. The van der Waals surface area contributed by atoms with Gasteiger partial charge in [0.2, 0.25) is 5.91 Å². The van der Waals surface area contributed by atoms with Gasteiger partial charge >= 0.3 is 0 Å². The molecule has 0 fully saturated rings. The molecule has 106 valence electrons. The van der Waals surface area contributed by atoms with Crippen molar-refractivity contribution in [1.82, 2.24) is 5.32 Å². The summed E-state index contributed by atoms with van der Waals surface area (Å²) in [6.07, 6.45) is 0. The van der Waals surface area contributed by atoms with Crippen molar-refractivity contribution >= 4 is 34.7 Å². The molecule has 20 heavy (non-hydrogen) atoms. The highest BCUT2D eigenvalue weighted by Gasteiger charge is 2.08. The number of thioether (sulfide) groups is 1. The third kappa shape index (κ3) is 4.18. The lowest BCUT2D eigenvalue weighted by molar-refractivity contribution is -0.118. The van der Waals surface area contributed by atoms with Gasteiger partial charge in [-0.3, -0.25) is 4.79 Å². The van der Waals surface area contributed by atoms with E-state index in [1.807, 2.05) is 23.6 Å². The Morgan fingerprint density at radius 2 is 2.30 bits per heavy atom. The second-order valence-corrected chi connectivity index (χ2v) is 6.10. The minimum atomic E-state index is 0.00211. The fourth-order valence-electron chi connectivity index (χ4n) is 1.60. The molecular formula is C14H16N2O2S2. The molecule has 1 aromatic heterocycles. The Kier molecular flexibility index (Phi) is 5.31. The maximum absolute atomic E-state index is 11.8. The minimum absolute atomic E-state index is 0.00211. The third-order valence-electron chi connectivity index (χ3n) is 2.59. The number of anilines is 1. The molecule has 0 saturated carbocycles. The van der Waals surface area contributed by atoms with Crippen LogP contribution in [0.4, 0.5) is 5.69 Å². The van der Waals surface area contributed by atoms with Gasteiger partial charge in [0, 0.05) is 21.5 Å². The first-order valence-corrected chi connectivity index (χ1v) is 7.91. The number of benzene rings is 1. The van der Waals surface area contributed by atoms with Gasteiger partial charge in [-0.25, -0.2) is 0 Å². The highest BCUT2D eigenvalue weighted by Crippen LogP contribution is 2.30. The molecule has 2 rings (SSSR count). The number of carbonyl (C=O) groups is 1. The van der Waals surface area contributed by atoms with Gasteiger partial charge in [-0.05, 0) is 23.6 Å². The van der Waals surface area contributed by atoms with E-state index in [0.29, 0.717) is 23.7 Å². The van der Waals surface area contributed by atoms with E-state index >= 15 is 0 Å². The van der Waals surface area contributed by atoms with Crippen LogP contribution in [0.2, 0.25) is 0 Å². The van der Waals surface area contributed by atoms with Gasteiger partial charge < -0.3 is 15.8 Å². The van der Waals surface area contributed by atoms with E-state index < -0.39 is 0 Å². The van der Waals surface area contributed by atoms with Gasteiger partial charge in [-0.1, -0.05) is 6.07 Å². The lowest BCUT2D eigenvalue weighted by Gasteiger charge is -2.09. The monoisotopic (exact) mass is 308 g/mol. The largest absolute Gasteiger partial charge is 0.496 e. The summed E-state index contributed by atoms with van der Waals surface area (Å²) in [5, 5.41) is 4.88. The van der Waals surface area contributed by atoms with Crippen molar-refractivity contribution in [3.63, 3.8) is 0 Å². The van der Waals surface area contributed by atoms with Crippen LogP contribution in [0, 0.1) is 0 Å². The SMILES string of the molecule is COc1cc(N)ccc1SCC(=O)NCc1cccs1. The summed E-state index contributed by atoms with van der Waals surface area (Å²) < 4.78 is 5.25. The summed E-state index contributed by atoms with van der Waals surface area (Å²) in [6.45, 7) is 0.579. The van der Waals surface area contributed by atoms with E-state index in [2.05, 4.69) is 5.32 Å². The van der Waals surface area contributed by atoms with Crippen LogP contribution >= 0.6 is 23.1 Å². The predicted molar refractivity (Wildman–Crippen MR) is 84.3 cm³/mol. The zero-order valence-electron chi connectivity index (χ0n) is 11.1. The molecule has 2 aromatic rings. The Morgan fingerprint density at radius 3 is 3.00 bits per heavy atom. The van der Waals surface area contributed by atoms with E-state index in [4.69, 9.17) is 10.5 Å². The number of nitrogen functional groups attached to an aromatic ring is 1. The third-order valence-corrected chi connectivity index (χ3v) is 4.52. The first-order valence-electron chi connectivity index (χ1n) is 6.04. The number of nitrogens with two attached hydrogens (primary N) is 1. The van der Waals surface area contributed by atoms with Crippen LogP contribution in [-0.2, 0) is 11.3 Å². The van der Waals surface area contributed by atoms with Crippen LogP contribution in [0.3, 0.4) is 0 Å². The maximum atomic E-state index is 11.8. The predicted octanol–water partition coefficient (Wildman–Crippen LogP) is 2.75. The molecule has 4 nitrogen and oxygen atoms in total. The van der Waals surface area contributed by atoms with Crippen molar-refractivity contribution in [2.45, 2.75) is 11.4 Å². The number of rotatable bonds is 6. The Balaban J connectivity index is 1.84. The molecule has 0 aliphatic carbocycles. The van der Waals surface area contributed by atoms with Crippen LogP contribution < -0.4 is 15.8 Å². The first-order chi connectivity index (χ1) is 9.69. The van der Waals surface area contributed by atoms with Gasteiger partial charge in [0.15, 0.2) is 0 Å². The Morgan fingerprint density at radius 1 is 1.45 bits per heavy atom. The fraction of sp³-hybridized carbons (Fsp3) is 0.214. The summed E-state index contributed by atoms with van der Waals surface area (Å²) in [7, 11) is 1.59. The number of methoxy groups -OCH3 is 1. The van der Waals surface area contributed by atoms with Gasteiger partial charge in [0.05, 0.1) is 19.4 Å². The van der Waals surface area contributed by atoms with Crippen LogP contribution in [0.15, 0.2) is 40.6 Å². The molecule has 0 unspecified atom stereocenters. The summed E-state index contributed by atoms with van der Waals surface area (Å²) in [5.74, 6) is 1.05. The molecule has 0 spiro atoms. The zero-order chi connectivity index (χ0) is 14.4. The second kappa shape index (κ2) is 7.21. The zero-order valence-corrected chi connectivity index (χ0v) is 12.7. The Bertz CT molecular complexity index is 571. The van der Waals surface area contributed by atoms with E-state index in [1.165, 1.54) is 11.8 Å². The number of hydrogen-bond donors (Lipinski definition) is 2. The number of carbonyl (C=O) groups excluding carboxylic acids is 1. The molecule has 1 heterocycles. The lowest BCUT2D eigenvalue weighted by Crippen LogP contribution is -2.24. The Labute approximate surface area is 126 Å². The first kappa shape index (κ1) is 14.7. The topological polar surface area (TPSA) is 64.3 Å². The average molecular weight is 308 g/mol. The molecule has 0 aliphatic rings. The minimum Gasteiger partial charge on any atom is -0.496 e. The van der Waals surface area contributed by atoms with E-state index in [0.717, 1.165) is 9.77 Å². The summed E-state index contributed by atoms with van der Waals surface area (Å²) >= 11 is 3.07. The fourth-order valence-corrected chi connectivity index (χ4v) is 3.08. The number of hydrogen-bond acceptors (Lipinski definition) is 5. The molecular weight excluding hydrogens is 292 g/mol. The summed E-state index contributed by atoms with van der Waals surface area (Å²) in [5.41, 5.74) is 6.34. The molecule has 0 aliphatic heterocycles. The molecule has 0 radical (unpaired) electrons. The smallest absolute Gasteiger partial charge is 0.230 e. The molecule has 6 heteroatoms. The molecule has 0 bridgehead atoms. The van der Waals surface area contributed by atoms with Crippen LogP contribution in [0.5, 0.6) is 5.75 Å². The second-order valence-electron chi connectivity index (χ2n) is 4.06. The van der Waals surface area contributed by atoms with E-state index in [-0.39, 0.29) is 5.91 Å². The maximum Gasteiger partial charge on any atom is 0.230 e. The number of amides is 1. The van der Waals surface area contributed by atoms with E-state index in [9.17, 15) is 4.79 Å². The summed E-state index contributed by atoms with van der Waals surface area (Å²) in [6, 6.07) is 9.40. The van der Waals surface area contributed by atoms with Gasteiger partial charge in [0.1, 0.15) is 5.75 Å². The Hall–Kier alpha value is -1.66. The molecule has 1 aromatic carbocycles. The van der Waals surface area contributed by atoms with Gasteiger partial charge in [-0.2, -0.15) is 0 Å². The average Bonchev–Trinajstić information content (AvgIpc) is 2.97. The molecule has 3 N–H and O–H groups in total. The standard InChI is InChI=1S/C14H16N2O2S2/c1-18-12-7-10(15)4-5-13(12)20-9-14(17)16-8-11-3-2-6-19-11/h2-7H,8-9,15H2,1H3,(H,16,17). The van der Waals surface area contributed by atoms with Crippen molar-refractivity contribution in [2.75, 3.05) is 18.6 Å². The summed E-state index contributed by atoms with van der Waals surface area (Å²) in [4.78, 5) is 13.8. The van der Waals surface area contributed by atoms with Crippen molar-refractivity contribution in [2.24, 2.45) is 0 Å². The van der Waals surface area contributed by atoms with Crippen LogP contribution in [0.1, 0.15) is 4.88 Å². The van der Waals surface area contributed by atoms with Crippen molar-refractivity contribution in [1.29, 1.82) is 0 Å². The van der Waals surface area contributed by atoms with E-state index in [1.54, 1.807) is 30.6 Å². The quantitative estimate of drug-likeness (QED) is 0.636. The van der Waals surface area contributed by atoms with Gasteiger partial charge in [0.25, 0.3) is 0 Å². The lowest BCUT2D eigenvalue weighted by atomic mass is 10.3. The van der Waals surface area contributed by atoms with Gasteiger partial charge in [-0.15, -0.1) is 23.1 Å². The number of nitrogens with one attached hydrogen (secondary N) is 1. The highest BCUT2D eigenvalue weighted by atomic mass is 32.2.